The average Bonchev–Trinajstić information content (AvgIpc) is 2.93. The molecule has 1 aromatic heterocycles. The third-order valence-corrected chi connectivity index (χ3v) is 3.42. The van der Waals surface area contributed by atoms with Crippen LogP contribution in [-0.2, 0) is 4.79 Å². The lowest BCUT2D eigenvalue weighted by molar-refractivity contribution is -0.384. The first kappa shape index (κ1) is 16.0. The summed E-state index contributed by atoms with van der Waals surface area (Å²) in [5.74, 6) is -0.0716. The molecule has 1 N–H and O–H groups in total. The van der Waals surface area contributed by atoms with Crippen LogP contribution in [0.1, 0.15) is 13.0 Å². The molecule has 0 fully saturated rings. The number of nitrogens with zero attached hydrogens (tertiary/aromatic N) is 3. The predicted octanol–water partition coefficient (Wildman–Crippen LogP) is 2.76. The normalized spacial score (nSPS) is 11.8. The van der Waals surface area contributed by atoms with E-state index in [0.717, 1.165) is 4.47 Å². The summed E-state index contributed by atoms with van der Waals surface area (Å²) < 4.78 is 7.14. The molecule has 8 nitrogen and oxygen atoms in total. The van der Waals surface area contributed by atoms with Gasteiger partial charge >= 0.3 is 0 Å². The average molecular weight is 369 g/mol. The number of amides is 1. The summed E-state index contributed by atoms with van der Waals surface area (Å²) >= 11 is 3.24. The van der Waals surface area contributed by atoms with Gasteiger partial charge in [0.15, 0.2) is 0 Å². The van der Waals surface area contributed by atoms with E-state index in [9.17, 15) is 14.9 Å². The Bertz CT molecular complexity index is 716. The molecule has 0 aliphatic carbocycles. The third kappa shape index (κ3) is 3.42. The fraction of sp³-hybridized carbons (Fsp3) is 0.231. The highest BCUT2D eigenvalue weighted by atomic mass is 79.9. The van der Waals surface area contributed by atoms with Crippen molar-refractivity contribution in [1.29, 1.82) is 0 Å². The van der Waals surface area contributed by atoms with Gasteiger partial charge in [-0.3, -0.25) is 19.6 Å². The van der Waals surface area contributed by atoms with Crippen LogP contribution in [-0.4, -0.2) is 27.7 Å². The van der Waals surface area contributed by atoms with Crippen molar-refractivity contribution in [3.8, 4) is 5.75 Å². The largest absolute Gasteiger partial charge is 0.496 e. The molecule has 0 aliphatic heterocycles. The lowest BCUT2D eigenvalue weighted by atomic mass is 10.2. The van der Waals surface area contributed by atoms with Crippen LogP contribution in [0.3, 0.4) is 0 Å². The van der Waals surface area contributed by atoms with Crippen LogP contribution >= 0.6 is 15.9 Å². The van der Waals surface area contributed by atoms with Crippen LogP contribution in [0.15, 0.2) is 35.1 Å². The molecule has 0 saturated heterocycles. The van der Waals surface area contributed by atoms with Crippen LogP contribution in [0.4, 0.5) is 11.4 Å². The second-order valence-electron chi connectivity index (χ2n) is 4.44. The molecule has 1 heterocycles. The molecule has 1 amide bonds. The van der Waals surface area contributed by atoms with Crippen LogP contribution in [0.2, 0.25) is 0 Å². The van der Waals surface area contributed by atoms with Crippen molar-refractivity contribution in [2.75, 3.05) is 12.4 Å². The van der Waals surface area contributed by atoms with Crippen molar-refractivity contribution in [3.63, 3.8) is 0 Å². The van der Waals surface area contributed by atoms with E-state index in [1.54, 1.807) is 19.3 Å². The smallest absolute Gasteiger partial charge is 0.296 e. The van der Waals surface area contributed by atoms with Crippen molar-refractivity contribution in [1.82, 2.24) is 9.78 Å². The second-order valence-corrected chi connectivity index (χ2v) is 5.36. The molecule has 22 heavy (non-hydrogen) atoms. The van der Waals surface area contributed by atoms with Gasteiger partial charge in [0.1, 0.15) is 17.5 Å². The molecule has 0 radical (unpaired) electrons. The maximum absolute atomic E-state index is 12.2. The van der Waals surface area contributed by atoms with Gasteiger partial charge in [-0.15, -0.1) is 0 Å². The molecule has 1 atom stereocenters. The summed E-state index contributed by atoms with van der Waals surface area (Å²) in [4.78, 5) is 22.7. The second kappa shape index (κ2) is 6.56. The topological polar surface area (TPSA) is 99.3 Å². The molecule has 0 saturated carbocycles. The zero-order chi connectivity index (χ0) is 16.3. The fourth-order valence-electron chi connectivity index (χ4n) is 1.78. The molecule has 116 valence electrons. The van der Waals surface area contributed by atoms with Crippen molar-refractivity contribution in [2.45, 2.75) is 13.0 Å². The number of nitro benzene ring substituents is 1. The van der Waals surface area contributed by atoms with E-state index in [0.29, 0.717) is 5.75 Å². The zero-order valence-corrected chi connectivity index (χ0v) is 13.4. The Balaban J connectivity index is 2.22. The number of nitro groups is 1. The van der Waals surface area contributed by atoms with Crippen molar-refractivity contribution in [3.05, 3.63) is 45.2 Å². The Labute approximate surface area is 134 Å². The summed E-state index contributed by atoms with van der Waals surface area (Å²) in [5, 5.41) is 17.6. The predicted molar refractivity (Wildman–Crippen MR) is 82.9 cm³/mol. The maximum Gasteiger partial charge on any atom is 0.296 e. The van der Waals surface area contributed by atoms with E-state index in [1.165, 1.54) is 30.0 Å². The standard InChI is InChI=1S/C13H13BrN4O4/c1-8(17-7-9(14)6-15-17)13(19)16-11-4-3-10(22-2)5-12(11)18(20)21/h3-8H,1-2H3,(H,16,19). The summed E-state index contributed by atoms with van der Waals surface area (Å²) in [7, 11) is 1.41. The molecule has 0 bridgehead atoms. The monoisotopic (exact) mass is 368 g/mol. The number of halogens is 1. The highest BCUT2D eigenvalue weighted by molar-refractivity contribution is 9.10. The van der Waals surface area contributed by atoms with Gasteiger partial charge in [0.05, 0.1) is 28.8 Å². The van der Waals surface area contributed by atoms with E-state index >= 15 is 0 Å². The van der Waals surface area contributed by atoms with Crippen LogP contribution in [0.25, 0.3) is 0 Å². The van der Waals surface area contributed by atoms with E-state index in [1.807, 2.05) is 0 Å². The lowest BCUT2D eigenvalue weighted by Gasteiger charge is -2.13. The minimum Gasteiger partial charge on any atom is -0.496 e. The number of hydrogen-bond donors (Lipinski definition) is 1. The Kier molecular flexibility index (Phi) is 4.76. The molecular formula is C13H13BrN4O4. The number of hydrogen-bond acceptors (Lipinski definition) is 5. The molecule has 2 rings (SSSR count). The molecule has 2 aromatic rings. The van der Waals surface area contributed by atoms with Gasteiger partial charge in [-0.05, 0) is 35.0 Å². The van der Waals surface area contributed by atoms with Crippen molar-refractivity contribution >= 4 is 33.2 Å². The third-order valence-electron chi connectivity index (χ3n) is 3.01. The van der Waals surface area contributed by atoms with Gasteiger partial charge in [-0.1, -0.05) is 0 Å². The number of nitrogens with one attached hydrogen (secondary N) is 1. The van der Waals surface area contributed by atoms with Gasteiger partial charge in [-0.2, -0.15) is 5.10 Å². The number of rotatable bonds is 5. The Morgan fingerprint density at radius 1 is 1.55 bits per heavy atom. The van der Waals surface area contributed by atoms with Crippen molar-refractivity contribution in [2.24, 2.45) is 0 Å². The van der Waals surface area contributed by atoms with E-state index < -0.39 is 16.9 Å². The SMILES string of the molecule is COc1ccc(NC(=O)C(C)n2cc(Br)cn2)c([N+](=O)[O-])c1. The van der Waals surface area contributed by atoms with Crippen molar-refractivity contribution < 1.29 is 14.5 Å². The maximum atomic E-state index is 12.2. The quantitative estimate of drug-likeness (QED) is 0.645. The number of anilines is 1. The Morgan fingerprint density at radius 2 is 2.27 bits per heavy atom. The summed E-state index contributed by atoms with van der Waals surface area (Å²) in [5.41, 5.74) is -0.129. The Morgan fingerprint density at radius 3 is 2.82 bits per heavy atom. The fourth-order valence-corrected chi connectivity index (χ4v) is 2.08. The highest BCUT2D eigenvalue weighted by Crippen LogP contribution is 2.29. The minimum atomic E-state index is -0.618. The highest BCUT2D eigenvalue weighted by Gasteiger charge is 2.21. The first-order valence-corrected chi connectivity index (χ1v) is 7.04. The lowest BCUT2D eigenvalue weighted by Crippen LogP contribution is -2.24. The van der Waals surface area contributed by atoms with E-state index in [2.05, 4.69) is 26.3 Å². The number of carbonyl (C=O) groups is 1. The number of carbonyl (C=O) groups excluding carboxylic acids is 1. The molecule has 0 aliphatic rings. The molecule has 9 heteroatoms. The van der Waals surface area contributed by atoms with E-state index in [-0.39, 0.29) is 11.4 Å². The minimum absolute atomic E-state index is 0.105. The summed E-state index contributed by atoms with van der Waals surface area (Å²) in [6.07, 6.45) is 3.20. The summed E-state index contributed by atoms with van der Waals surface area (Å²) in [6, 6.07) is 3.61. The number of methoxy groups -OCH3 is 1. The van der Waals surface area contributed by atoms with Gasteiger partial charge in [0.25, 0.3) is 5.69 Å². The first-order valence-electron chi connectivity index (χ1n) is 6.25. The van der Waals surface area contributed by atoms with Crippen LogP contribution < -0.4 is 10.1 Å². The number of ether oxygens (including phenoxy) is 1. The number of aromatic nitrogens is 2. The molecular weight excluding hydrogens is 356 g/mol. The van der Waals surface area contributed by atoms with Gasteiger partial charge in [-0.25, -0.2) is 0 Å². The Hall–Kier alpha value is -2.42. The number of benzene rings is 1. The first-order chi connectivity index (χ1) is 10.4. The van der Waals surface area contributed by atoms with Gasteiger partial charge in [0, 0.05) is 6.20 Å². The van der Waals surface area contributed by atoms with E-state index in [4.69, 9.17) is 4.74 Å². The van der Waals surface area contributed by atoms with Crippen LogP contribution in [0.5, 0.6) is 5.75 Å². The van der Waals surface area contributed by atoms with Gasteiger partial charge < -0.3 is 10.1 Å². The molecule has 1 unspecified atom stereocenters. The zero-order valence-electron chi connectivity index (χ0n) is 11.8. The molecule has 0 spiro atoms. The van der Waals surface area contributed by atoms with Crippen LogP contribution in [0, 0.1) is 10.1 Å². The molecule has 1 aromatic carbocycles. The van der Waals surface area contributed by atoms with Gasteiger partial charge in [0.2, 0.25) is 5.91 Å². The summed E-state index contributed by atoms with van der Waals surface area (Å²) in [6.45, 7) is 1.64.